The fourth-order valence-corrected chi connectivity index (χ4v) is 3.62. The van der Waals surface area contributed by atoms with Gasteiger partial charge in [0.1, 0.15) is 17.8 Å². The molecule has 1 aliphatic carbocycles. The van der Waals surface area contributed by atoms with Crippen molar-refractivity contribution < 1.29 is 18.9 Å². The van der Waals surface area contributed by atoms with Gasteiger partial charge in [0.25, 0.3) is 0 Å². The van der Waals surface area contributed by atoms with E-state index in [1.54, 1.807) is 49.9 Å². The molecule has 178 valence electrons. The molecule has 10 nitrogen and oxygen atoms in total. The number of carbonyl (C=O) groups excluding carboxylic acids is 2. The van der Waals surface area contributed by atoms with E-state index in [9.17, 15) is 14.1 Å². The maximum atomic E-state index is 12.3. The summed E-state index contributed by atoms with van der Waals surface area (Å²) in [7, 11) is 6.88. The van der Waals surface area contributed by atoms with E-state index in [0.29, 0.717) is 47.2 Å². The third kappa shape index (κ3) is 6.35. The van der Waals surface area contributed by atoms with Crippen molar-refractivity contribution in [3.05, 3.63) is 35.4 Å². The molecule has 0 aliphatic heterocycles. The largest absolute Gasteiger partial charge is 0.593 e. The highest BCUT2D eigenvalue weighted by molar-refractivity contribution is 7.92. The van der Waals surface area contributed by atoms with E-state index in [1.165, 1.54) is 0 Å². The van der Waals surface area contributed by atoms with Crippen molar-refractivity contribution in [3.63, 3.8) is 0 Å². The Morgan fingerprint density at radius 1 is 1.27 bits per heavy atom. The molecule has 33 heavy (non-hydrogen) atoms. The van der Waals surface area contributed by atoms with Gasteiger partial charge in [-0.2, -0.15) is 4.31 Å². The lowest BCUT2D eigenvalue weighted by Crippen LogP contribution is -2.26. The monoisotopic (exact) mass is 474 g/mol. The van der Waals surface area contributed by atoms with E-state index >= 15 is 0 Å². The number of nitrogens with zero attached hydrogens (tertiary/aromatic N) is 3. The first-order valence-electron chi connectivity index (χ1n) is 10.4. The lowest BCUT2D eigenvalue weighted by molar-refractivity contribution is -0.117. The molecule has 1 saturated carbocycles. The van der Waals surface area contributed by atoms with Crippen LogP contribution in [0, 0.1) is 5.92 Å². The number of nitrogens with one attached hydrogen (secondary N) is 3. The molecule has 0 bridgehead atoms. The van der Waals surface area contributed by atoms with Gasteiger partial charge in [-0.3, -0.25) is 9.59 Å². The van der Waals surface area contributed by atoms with Crippen molar-refractivity contribution in [2.75, 3.05) is 54.9 Å². The van der Waals surface area contributed by atoms with Gasteiger partial charge in [-0.1, -0.05) is 6.07 Å². The summed E-state index contributed by atoms with van der Waals surface area (Å²) in [4.78, 5) is 28.8. The van der Waals surface area contributed by atoms with Crippen molar-refractivity contribution >= 4 is 52.3 Å². The van der Waals surface area contributed by atoms with Crippen molar-refractivity contribution in [3.8, 4) is 0 Å². The molecule has 1 aromatic heterocycles. The SMILES string of the molecule is COCc1ccc(Nc2cc(NC(=O)C3CC3)nc(NN(C)C)c2C=O)c(N(C)[S+](C)[O-])c1. The molecule has 1 unspecified atom stereocenters. The molecule has 1 amide bonds. The second kappa shape index (κ2) is 10.8. The highest BCUT2D eigenvalue weighted by Gasteiger charge is 2.30. The van der Waals surface area contributed by atoms with Crippen molar-refractivity contribution in [2.45, 2.75) is 19.4 Å². The Labute approximate surface area is 197 Å². The van der Waals surface area contributed by atoms with E-state index in [-0.39, 0.29) is 11.8 Å². The van der Waals surface area contributed by atoms with Crippen LogP contribution in [-0.2, 0) is 27.5 Å². The second-order valence-corrected chi connectivity index (χ2v) is 9.43. The molecule has 1 aliphatic rings. The molecule has 1 atom stereocenters. The summed E-state index contributed by atoms with van der Waals surface area (Å²) >= 11 is -1.28. The van der Waals surface area contributed by atoms with Gasteiger partial charge in [0.05, 0.1) is 42.0 Å². The zero-order chi connectivity index (χ0) is 24.1. The smallest absolute Gasteiger partial charge is 0.228 e. The number of hydrogen-bond acceptors (Lipinski definition) is 9. The summed E-state index contributed by atoms with van der Waals surface area (Å²) in [6.45, 7) is 0.403. The average Bonchev–Trinajstić information content (AvgIpc) is 3.59. The van der Waals surface area contributed by atoms with Gasteiger partial charge in [-0.25, -0.2) is 9.99 Å². The molecule has 1 fully saturated rings. The molecule has 0 saturated heterocycles. The van der Waals surface area contributed by atoms with Crippen LogP contribution in [0.15, 0.2) is 24.3 Å². The Bertz CT molecular complexity index is 1010. The summed E-state index contributed by atoms with van der Waals surface area (Å²) in [5.74, 6) is 0.548. The standard InChI is InChI=1S/C22H30N6O4S/c1-27(2)26-21-16(12-29)18(11-20(24-21)25-22(30)15-7-8-15)23-17-9-6-14(13-32-4)10-19(17)28(3)33(5)31/h6,9-12,15H,7-8,13H2,1-5H3,(H3,23,24,25,26,30). The van der Waals surface area contributed by atoms with E-state index in [4.69, 9.17) is 4.74 Å². The molecule has 11 heteroatoms. The van der Waals surface area contributed by atoms with Crippen molar-refractivity contribution in [2.24, 2.45) is 5.92 Å². The fraction of sp³-hybridized carbons (Fsp3) is 0.409. The van der Waals surface area contributed by atoms with Crippen LogP contribution in [0.3, 0.4) is 0 Å². The first-order chi connectivity index (χ1) is 15.7. The third-order valence-corrected chi connectivity index (χ3v) is 6.04. The van der Waals surface area contributed by atoms with E-state index in [0.717, 1.165) is 18.4 Å². The van der Waals surface area contributed by atoms with Crippen LogP contribution >= 0.6 is 0 Å². The van der Waals surface area contributed by atoms with E-state index in [1.807, 2.05) is 18.2 Å². The Morgan fingerprint density at radius 3 is 2.58 bits per heavy atom. The fourth-order valence-electron chi connectivity index (χ4n) is 3.20. The molecule has 2 aromatic rings. The normalized spacial score (nSPS) is 14.0. The number of carbonyl (C=O) groups is 2. The lowest BCUT2D eigenvalue weighted by atomic mass is 10.1. The zero-order valence-electron chi connectivity index (χ0n) is 19.5. The Balaban J connectivity index is 2.05. The van der Waals surface area contributed by atoms with Crippen molar-refractivity contribution in [1.82, 2.24) is 9.99 Å². The van der Waals surface area contributed by atoms with E-state index < -0.39 is 11.4 Å². The van der Waals surface area contributed by atoms with Crippen LogP contribution < -0.4 is 20.4 Å². The number of aromatic nitrogens is 1. The summed E-state index contributed by atoms with van der Waals surface area (Å²) in [6, 6.07) is 7.23. The molecule has 0 spiro atoms. The number of pyridine rings is 1. The lowest BCUT2D eigenvalue weighted by Gasteiger charge is -2.24. The first kappa shape index (κ1) is 24.8. The maximum absolute atomic E-state index is 12.3. The molecule has 3 N–H and O–H groups in total. The Kier molecular flexibility index (Phi) is 8.14. The second-order valence-electron chi connectivity index (χ2n) is 8.04. The van der Waals surface area contributed by atoms with Gasteiger partial charge in [0, 0.05) is 33.2 Å². The molecular weight excluding hydrogens is 444 g/mol. The van der Waals surface area contributed by atoms with Gasteiger partial charge < -0.3 is 25.3 Å². The zero-order valence-corrected chi connectivity index (χ0v) is 20.3. The van der Waals surface area contributed by atoms with Crippen LogP contribution in [-0.4, -0.2) is 61.2 Å². The maximum Gasteiger partial charge on any atom is 0.228 e. The molecule has 0 radical (unpaired) electrons. The number of aldehydes is 1. The summed E-state index contributed by atoms with van der Waals surface area (Å²) < 4.78 is 19.1. The quantitative estimate of drug-likeness (QED) is 0.256. The Morgan fingerprint density at radius 2 is 2.00 bits per heavy atom. The number of anilines is 5. The number of amides is 1. The number of methoxy groups -OCH3 is 1. The summed E-state index contributed by atoms with van der Waals surface area (Å²) in [5, 5.41) is 7.77. The van der Waals surface area contributed by atoms with Gasteiger partial charge in [-0.05, 0) is 30.5 Å². The number of ether oxygens (including phenoxy) is 1. The predicted octanol–water partition coefficient (Wildman–Crippen LogP) is 2.75. The summed E-state index contributed by atoms with van der Waals surface area (Å²) in [5.41, 5.74) is 5.97. The highest BCUT2D eigenvalue weighted by Crippen LogP contribution is 2.35. The predicted molar refractivity (Wildman–Crippen MR) is 131 cm³/mol. The third-order valence-electron chi connectivity index (χ3n) is 5.07. The van der Waals surface area contributed by atoms with Crippen LogP contribution in [0.5, 0.6) is 0 Å². The minimum absolute atomic E-state index is 0.00679. The van der Waals surface area contributed by atoms with Gasteiger partial charge in [0.15, 0.2) is 12.1 Å². The molecule has 3 rings (SSSR count). The minimum Gasteiger partial charge on any atom is -0.593 e. The minimum atomic E-state index is -1.28. The molecule has 1 heterocycles. The molecule has 1 aromatic carbocycles. The first-order valence-corrected chi connectivity index (χ1v) is 12.0. The topological polar surface area (TPSA) is 122 Å². The van der Waals surface area contributed by atoms with E-state index in [2.05, 4.69) is 21.0 Å². The highest BCUT2D eigenvalue weighted by atomic mass is 32.2. The van der Waals surface area contributed by atoms with Crippen LogP contribution in [0.2, 0.25) is 0 Å². The molecular formula is C22H30N6O4S. The Hall–Kier alpha value is -2.86. The average molecular weight is 475 g/mol. The van der Waals surface area contributed by atoms with Gasteiger partial charge in [0.2, 0.25) is 5.91 Å². The van der Waals surface area contributed by atoms with Crippen LogP contribution in [0.25, 0.3) is 0 Å². The van der Waals surface area contributed by atoms with Crippen molar-refractivity contribution in [1.29, 1.82) is 0 Å². The van der Waals surface area contributed by atoms with Gasteiger partial charge in [-0.15, -0.1) is 0 Å². The van der Waals surface area contributed by atoms with Crippen LogP contribution in [0.1, 0.15) is 28.8 Å². The number of benzene rings is 1. The number of hydrazine groups is 1. The number of hydrogen-bond donors (Lipinski definition) is 3. The number of rotatable bonds is 11. The summed E-state index contributed by atoms with van der Waals surface area (Å²) in [6.07, 6.45) is 4.02. The van der Waals surface area contributed by atoms with Gasteiger partial charge >= 0.3 is 0 Å². The van der Waals surface area contributed by atoms with Crippen LogP contribution in [0.4, 0.5) is 28.7 Å².